The summed E-state index contributed by atoms with van der Waals surface area (Å²) in [7, 11) is 0. The fourth-order valence-corrected chi connectivity index (χ4v) is 0. The van der Waals surface area contributed by atoms with Crippen molar-refractivity contribution in [2.24, 2.45) is 0 Å². The first kappa shape index (κ1) is 4.13. The molecule has 1 N–H and O–H groups in total. The molecule has 0 aromatic rings. The third-order valence-corrected chi connectivity index (χ3v) is 0.0690. The zero-order valence-corrected chi connectivity index (χ0v) is 2.14. The largest absolute Gasteiger partial charge is 0.233 e. The fraction of sp³-hybridized carbons (Fsp3) is 0. The average molecular weight is 80.0 g/mol. The van der Waals surface area contributed by atoms with Crippen LogP contribution in [0.25, 0.3) is 0 Å². The molecule has 5 heteroatoms. The summed E-state index contributed by atoms with van der Waals surface area (Å²) in [6.07, 6.45) is 0. The second-order valence-corrected chi connectivity index (χ2v) is 0.342. The van der Waals surface area contributed by atoms with Crippen LogP contribution in [-0.2, 0) is 0 Å². The highest BCUT2D eigenvalue weighted by atomic mass is 19.2. The van der Waals surface area contributed by atoms with Crippen LogP contribution in [0.15, 0.2) is 0 Å². The lowest BCUT2D eigenvalue weighted by atomic mass is 12.7. The molecule has 4 nitrogen and oxygen atoms in total. The molecule has 0 bridgehead atoms. The Bertz CT molecular complexity index is 42.9. The van der Waals surface area contributed by atoms with Crippen LogP contribution in [0.3, 0.4) is 0 Å². The van der Waals surface area contributed by atoms with Gasteiger partial charge >= 0.3 is 0 Å². The summed E-state index contributed by atoms with van der Waals surface area (Å²) in [4.78, 5) is 8.69. The first-order valence-corrected chi connectivity index (χ1v) is 0.778. The second-order valence-electron chi connectivity index (χ2n) is 0.342. The standard InChI is InChI=1S/FHN2O2/c1-2-3(4)5/h2H. The molecule has 0 aliphatic rings. The van der Waals surface area contributed by atoms with E-state index in [2.05, 4.69) is 0 Å². The number of hydrogen-bond acceptors (Lipinski definition) is 2. The smallest absolute Gasteiger partial charge is 0.188 e. The number of nitrogens with one attached hydrogen (secondary N) is 1. The van der Waals surface area contributed by atoms with E-state index in [9.17, 15) is 4.48 Å². The van der Waals surface area contributed by atoms with E-state index in [1.165, 1.54) is 0 Å². The van der Waals surface area contributed by atoms with Crippen molar-refractivity contribution >= 4 is 0 Å². The second kappa shape index (κ2) is 1.45. The van der Waals surface area contributed by atoms with Crippen LogP contribution in [-0.4, -0.2) is 5.03 Å². The van der Waals surface area contributed by atoms with Crippen molar-refractivity contribution < 1.29 is 9.51 Å². The number of rotatable bonds is 1. The molecule has 0 atom stereocenters. The van der Waals surface area contributed by atoms with Crippen LogP contribution in [0, 0.1) is 10.1 Å². The first-order chi connectivity index (χ1) is 2.27. The van der Waals surface area contributed by atoms with E-state index in [0.717, 1.165) is 0 Å². The Morgan fingerprint density at radius 3 is 2.20 bits per heavy atom. The summed E-state index contributed by atoms with van der Waals surface area (Å²) < 4.78 is 10.2. The van der Waals surface area contributed by atoms with Gasteiger partial charge < -0.3 is 0 Å². The average Bonchev–Trinajstić information content (AvgIpc) is 1.38. The topological polar surface area (TPSA) is 55.2 Å². The minimum atomic E-state index is -1.29. The number of nitrogens with zero attached hydrogens (tertiary/aromatic N) is 1. The zero-order valence-electron chi connectivity index (χ0n) is 2.14. The van der Waals surface area contributed by atoms with Gasteiger partial charge in [0.25, 0.3) is 0 Å². The Labute approximate surface area is 26.6 Å². The maximum Gasteiger partial charge on any atom is 0.188 e. The van der Waals surface area contributed by atoms with Gasteiger partial charge in [-0.15, -0.1) is 0 Å². The highest BCUT2D eigenvalue weighted by Crippen LogP contribution is 1.49. The van der Waals surface area contributed by atoms with Gasteiger partial charge in [-0.05, 0) is 4.48 Å². The Hall–Kier alpha value is -0.870. The van der Waals surface area contributed by atoms with Gasteiger partial charge in [-0.2, -0.15) is 0 Å². The lowest BCUT2D eigenvalue weighted by Gasteiger charge is -1.71. The van der Waals surface area contributed by atoms with E-state index in [1.54, 1.807) is 0 Å². The third-order valence-electron chi connectivity index (χ3n) is 0.0690. The molecule has 0 unspecified atom stereocenters. The number of halogens is 1. The van der Waals surface area contributed by atoms with Gasteiger partial charge in [0.05, 0.1) is 0 Å². The lowest BCUT2D eigenvalue weighted by molar-refractivity contribution is -0.581. The summed E-state index contributed by atoms with van der Waals surface area (Å²) in [5.41, 5.74) is 0.250. The molecule has 0 aromatic carbocycles. The van der Waals surface area contributed by atoms with E-state index >= 15 is 0 Å². The normalized spacial score (nSPS) is 6.60. The van der Waals surface area contributed by atoms with Crippen LogP contribution < -0.4 is 5.65 Å². The summed E-state index contributed by atoms with van der Waals surface area (Å²) in [6, 6.07) is 0. The lowest BCUT2D eigenvalue weighted by Crippen LogP contribution is -2.08. The van der Waals surface area contributed by atoms with Crippen molar-refractivity contribution in [1.29, 1.82) is 0 Å². The molecule has 0 spiro atoms. The molecular weight excluding hydrogens is 79.0 g/mol. The Kier molecular flexibility index (Phi) is 1.20. The molecular formula is HFN2O2. The summed E-state index contributed by atoms with van der Waals surface area (Å²) >= 11 is 0. The SMILES string of the molecule is O=[N+]([O-])NF. The Balaban J connectivity index is 2.85. The van der Waals surface area contributed by atoms with Crippen molar-refractivity contribution in [3.8, 4) is 0 Å². The highest BCUT2D eigenvalue weighted by molar-refractivity contribution is 3.89. The molecule has 0 radical (unpaired) electrons. The maximum atomic E-state index is 10.2. The zero-order chi connectivity index (χ0) is 4.28. The first-order valence-electron chi connectivity index (χ1n) is 0.778. The molecule has 0 saturated carbocycles. The molecule has 0 aromatic heterocycles. The summed E-state index contributed by atoms with van der Waals surface area (Å²) in [6.45, 7) is 0. The van der Waals surface area contributed by atoms with Crippen molar-refractivity contribution in [3.63, 3.8) is 0 Å². The third kappa shape index (κ3) is 3.13. The van der Waals surface area contributed by atoms with E-state index in [0.29, 0.717) is 0 Å². The molecule has 5 heavy (non-hydrogen) atoms. The van der Waals surface area contributed by atoms with E-state index in [1.807, 2.05) is 0 Å². The van der Waals surface area contributed by atoms with Gasteiger partial charge in [0.2, 0.25) is 0 Å². The molecule has 0 saturated heterocycles. The minimum Gasteiger partial charge on any atom is -0.233 e. The van der Waals surface area contributed by atoms with Gasteiger partial charge in [0.15, 0.2) is 5.03 Å². The summed E-state index contributed by atoms with van der Waals surface area (Å²) in [5, 5.41) is 7.40. The van der Waals surface area contributed by atoms with Gasteiger partial charge in [-0.3, -0.25) is 0 Å². The van der Waals surface area contributed by atoms with Crippen molar-refractivity contribution in [2.45, 2.75) is 0 Å². The quantitative estimate of drug-likeness (QED) is 0.266. The molecule has 0 fully saturated rings. The maximum absolute atomic E-state index is 10.2. The van der Waals surface area contributed by atoms with Crippen LogP contribution in [0.2, 0.25) is 0 Å². The van der Waals surface area contributed by atoms with Gasteiger partial charge in [-0.1, -0.05) is 0 Å². The molecule has 0 rings (SSSR count). The van der Waals surface area contributed by atoms with Crippen molar-refractivity contribution in [3.05, 3.63) is 10.1 Å². The van der Waals surface area contributed by atoms with Crippen LogP contribution in [0.1, 0.15) is 0 Å². The van der Waals surface area contributed by atoms with E-state index in [4.69, 9.17) is 10.1 Å². The Morgan fingerprint density at radius 2 is 2.20 bits per heavy atom. The minimum absolute atomic E-state index is 0.250. The van der Waals surface area contributed by atoms with Crippen LogP contribution >= 0.6 is 0 Å². The predicted molar refractivity (Wildman–Crippen MR) is 11.2 cm³/mol. The van der Waals surface area contributed by atoms with Crippen LogP contribution in [0.5, 0.6) is 0 Å². The van der Waals surface area contributed by atoms with E-state index < -0.39 is 5.03 Å². The van der Waals surface area contributed by atoms with Gasteiger partial charge in [-0.25, -0.2) is 10.1 Å². The molecule has 0 heterocycles. The van der Waals surface area contributed by atoms with Crippen LogP contribution in [0.4, 0.5) is 4.48 Å². The Morgan fingerprint density at radius 1 is 2.00 bits per heavy atom. The predicted octanol–water partition coefficient (Wildman–Crippen LogP) is -0.348. The number of hydrogen-bond donors (Lipinski definition) is 1. The fourth-order valence-electron chi connectivity index (χ4n) is 0. The number of nitro groups is 1. The highest BCUT2D eigenvalue weighted by Gasteiger charge is 1.78. The molecule has 0 aliphatic heterocycles. The monoisotopic (exact) mass is 80.0 g/mol. The van der Waals surface area contributed by atoms with Crippen molar-refractivity contribution in [1.82, 2.24) is 5.65 Å². The molecule has 30 valence electrons. The molecule has 0 aliphatic carbocycles. The summed E-state index contributed by atoms with van der Waals surface area (Å²) in [5.74, 6) is 0. The van der Waals surface area contributed by atoms with Gasteiger partial charge in [0, 0.05) is 5.65 Å². The number of hydrazine groups is 1. The van der Waals surface area contributed by atoms with Gasteiger partial charge in [0.1, 0.15) is 0 Å². The van der Waals surface area contributed by atoms with E-state index in [-0.39, 0.29) is 5.65 Å². The van der Waals surface area contributed by atoms with Crippen molar-refractivity contribution in [2.75, 3.05) is 0 Å². The molecule has 0 amide bonds.